The number of hydrogen-bond donors (Lipinski definition) is 2. The molecule has 0 fully saturated rings. The minimum atomic E-state index is -0.202. The first-order valence-electron chi connectivity index (χ1n) is 8.22. The number of fused-ring (bicyclic) bond motifs is 1. The van der Waals surface area contributed by atoms with Gasteiger partial charge in [0, 0.05) is 25.4 Å². The minimum absolute atomic E-state index is 0.202. The number of carbonyl (C=O) groups excluding carboxylic acids is 1. The molecule has 0 radical (unpaired) electrons. The van der Waals surface area contributed by atoms with Crippen molar-refractivity contribution in [1.82, 2.24) is 24.5 Å². The molecule has 7 heteroatoms. The van der Waals surface area contributed by atoms with E-state index in [1.807, 2.05) is 60.3 Å². The Morgan fingerprint density at radius 1 is 1.15 bits per heavy atom. The second-order valence-electron chi connectivity index (χ2n) is 6.05. The van der Waals surface area contributed by atoms with Crippen LogP contribution in [-0.4, -0.2) is 25.1 Å². The highest BCUT2D eigenvalue weighted by Gasteiger charge is 2.14. The number of pyridine rings is 1. The van der Waals surface area contributed by atoms with E-state index >= 15 is 0 Å². The number of aromatic nitrogens is 4. The number of benzene rings is 1. The van der Waals surface area contributed by atoms with Gasteiger partial charge in [-0.05, 0) is 29.8 Å². The topological polar surface area (TPSA) is 90.2 Å². The average Bonchev–Trinajstić information content (AvgIpc) is 3.26. The van der Waals surface area contributed by atoms with Gasteiger partial charge in [0.1, 0.15) is 5.82 Å². The lowest BCUT2D eigenvalue weighted by atomic mass is 10.2. The maximum Gasteiger partial charge on any atom is 0.251 e. The van der Waals surface area contributed by atoms with Crippen molar-refractivity contribution in [3.05, 3.63) is 71.9 Å². The molecule has 3 aromatic heterocycles. The molecule has 0 aliphatic rings. The number of nitrogens with two attached hydrogens (primary N) is 1. The third kappa shape index (κ3) is 2.90. The molecular weight excluding hydrogens is 328 g/mol. The molecule has 0 saturated carbocycles. The van der Waals surface area contributed by atoms with Crippen molar-refractivity contribution >= 4 is 17.4 Å². The number of nitrogen functional groups attached to an aromatic ring is 1. The summed E-state index contributed by atoms with van der Waals surface area (Å²) in [5.41, 5.74) is 8.98. The summed E-state index contributed by atoms with van der Waals surface area (Å²) in [5, 5.41) is 7.33. The smallest absolute Gasteiger partial charge is 0.251 e. The summed E-state index contributed by atoms with van der Waals surface area (Å²) in [6, 6.07) is 16.9. The Hall–Kier alpha value is -3.61. The van der Waals surface area contributed by atoms with Gasteiger partial charge < -0.3 is 15.6 Å². The van der Waals surface area contributed by atoms with Crippen LogP contribution < -0.4 is 11.1 Å². The number of nitrogens with one attached hydrogen (secondary N) is 1. The van der Waals surface area contributed by atoms with Gasteiger partial charge in [0.2, 0.25) is 0 Å². The molecule has 3 N–H and O–H groups in total. The van der Waals surface area contributed by atoms with E-state index in [4.69, 9.17) is 5.73 Å². The summed E-state index contributed by atoms with van der Waals surface area (Å²) < 4.78 is 3.47. The number of nitrogens with zero attached hydrogens (tertiary/aromatic N) is 4. The van der Waals surface area contributed by atoms with Crippen LogP contribution in [-0.2, 0) is 13.6 Å². The molecule has 0 bridgehead atoms. The van der Waals surface area contributed by atoms with Gasteiger partial charge in [-0.2, -0.15) is 4.52 Å². The fraction of sp³-hybridized carbons (Fsp3) is 0.105. The van der Waals surface area contributed by atoms with Gasteiger partial charge in [0.25, 0.3) is 5.91 Å². The summed E-state index contributed by atoms with van der Waals surface area (Å²) in [4.78, 5) is 17.0. The number of anilines is 1. The van der Waals surface area contributed by atoms with Crippen molar-refractivity contribution in [2.75, 3.05) is 5.73 Å². The van der Waals surface area contributed by atoms with Crippen LogP contribution in [0.3, 0.4) is 0 Å². The third-order valence-corrected chi connectivity index (χ3v) is 4.20. The summed E-state index contributed by atoms with van der Waals surface area (Å²) >= 11 is 0. The maximum atomic E-state index is 12.5. The van der Waals surface area contributed by atoms with E-state index in [0.29, 0.717) is 29.4 Å². The highest BCUT2D eigenvalue weighted by atomic mass is 16.1. The lowest BCUT2D eigenvalue weighted by molar-refractivity contribution is 0.0951. The van der Waals surface area contributed by atoms with Crippen LogP contribution in [0.4, 0.5) is 5.82 Å². The maximum absolute atomic E-state index is 12.5. The lowest BCUT2D eigenvalue weighted by Crippen LogP contribution is -2.23. The summed E-state index contributed by atoms with van der Waals surface area (Å²) in [5.74, 6) is 0.720. The van der Waals surface area contributed by atoms with Crippen LogP contribution in [0.2, 0.25) is 0 Å². The van der Waals surface area contributed by atoms with Gasteiger partial charge in [0.15, 0.2) is 11.5 Å². The molecule has 1 aromatic carbocycles. The Balaban J connectivity index is 1.62. The van der Waals surface area contributed by atoms with Gasteiger partial charge >= 0.3 is 0 Å². The predicted octanol–water partition coefficient (Wildman–Crippen LogP) is 2.25. The number of amides is 1. The van der Waals surface area contributed by atoms with Gasteiger partial charge in [-0.25, -0.2) is 4.98 Å². The standard InChI is InChI=1S/C19H18N6O/c1-24-9-5-8-15(24)18-22-17-11-14(10-16(20)25(17)23-18)19(26)21-12-13-6-3-2-4-7-13/h2-11H,12,20H2,1H3,(H,21,26). The molecule has 1 amide bonds. The van der Waals surface area contributed by atoms with E-state index in [2.05, 4.69) is 15.4 Å². The Morgan fingerprint density at radius 3 is 2.69 bits per heavy atom. The summed E-state index contributed by atoms with van der Waals surface area (Å²) in [6.45, 7) is 0.450. The molecule has 3 heterocycles. The first kappa shape index (κ1) is 15.9. The summed E-state index contributed by atoms with van der Waals surface area (Å²) in [6.07, 6.45) is 1.92. The first-order chi connectivity index (χ1) is 12.6. The molecule has 4 aromatic rings. The number of hydrogen-bond acceptors (Lipinski definition) is 4. The Kier molecular flexibility index (Phi) is 3.89. The molecule has 0 aliphatic carbocycles. The van der Waals surface area contributed by atoms with Gasteiger partial charge in [-0.1, -0.05) is 30.3 Å². The molecular formula is C19H18N6O. The van der Waals surface area contributed by atoms with Gasteiger partial charge in [0.05, 0.1) is 5.69 Å². The average molecular weight is 346 g/mol. The fourth-order valence-corrected chi connectivity index (χ4v) is 2.82. The molecule has 0 spiro atoms. The van der Waals surface area contributed by atoms with Crippen molar-refractivity contribution < 1.29 is 4.79 Å². The highest BCUT2D eigenvalue weighted by Crippen LogP contribution is 2.19. The SMILES string of the molecule is Cn1cccc1-c1nc2cc(C(=O)NCc3ccccc3)cc(N)n2n1. The summed E-state index contributed by atoms with van der Waals surface area (Å²) in [7, 11) is 1.92. The molecule has 4 rings (SSSR count). The molecule has 0 atom stereocenters. The second kappa shape index (κ2) is 6.36. The van der Waals surface area contributed by atoms with Gasteiger partial charge in [-0.15, -0.1) is 5.10 Å². The van der Waals surface area contributed by atoms with Crippen LogP contribution in [0.1, 0.15) is 15.9 Å². The predicted molar refractivity (Wildman–Crippen MR) is 99.4 cm³/mol. The largest absolute Gasteiger partial charge is 0.384 e. The second-order valence-corrected chi connectivity index (χ2v) is 6.05. The number of rotatable bonds is 4. The molecule has 7 nitrogen and oxygen atoms in total. The van der Waals surface area contributed by atoms with E-state index in [-0.39, 0.29) is 5.91 Å². The monoisotopic (exact) mass is 346 g/mol. The van der Waals surface area contributed by atoms with E-state index < -0.39 is 0 Å². The van der Waals surface area contributed by atoms with Crippen LogP contribution in [0.15, 0.2) is 60.8 Å². The third-order valence-electron chi connectivity index (χ3n) is 4.20. The molecule has 130 valence electrons. The Bertz CT molecular complexity index is 1080. The molecule has 0 unspecified atom stereocenters. The van der Waals surface area contributed by atoms with Gasteiger partial charge in [-0.3, -0.25) is 4.79 Å². The lowest BCUT2D eigenvalue weighted by Gasteiger charge is -2.06. The van der Waals surface area contributed by atoms with Crippen molar-refractivity contribution in [2.24, 2.45) is 7.05 Å². The normalized spacial score (nSPS) is 11.0. The van der Waals surface area contributed by atoms with Crippen LogP contribution in [0.5, 0.6) is 0 Å². The molecule has 0 aliphatic heterocycles. The number of carbonyl (C=O) groups is 1. The van der Waals surface area contributed by atoms with Crippen LogP contribution in [0.25, 0.3) is 17.2 Å². The Labute approximate surface area is 150 Å². The van der Waals surface area contributed by atoms with E-state index in [1.165, 1.54) is 4.52 Å². The Morgan fingerprint density at radius 2 is 1.96 bits per heavy atom. The van der Waals surface area contributed by atoms with Crippen molar-refractivity contribution in [3.63, 3.8) is 0 Å². The quantitative estimate of drug-likeness (QED) is 0.593. The highest BCUT2D eigenvalue weighted by molar-refractivity contribution is 5.95. The first-order valence-corrected chi connectivity index (χ1v) is 8.22. The minimum Gasteiger partial charge on any atom is -0.384 e. The van der Waals surface area contributed by atoms with Crippen LogP contribution in [0, 0.1) is 0 Å². The zero-order chi connectivity index (χ0) is 18.1. The van der Waals surface area contributed by atoms with Crippen molar-refractivity contribution in [2.45, 2.75) is 6.54 Å². The van der Waals surface area contributed by atoms with Crippen molar-refractivity contribution in [1.29, 1.82) is 0 Å². The molecule has 26 heavy (non-hydrogen) atoms. The van der Waals surface area contributed by atoms with E-state index in [9.17, 15) is 4.79 Å². The number of aryl methyl sites for hydroxylation is 1. The molecule has 0 saturated heterocycles. The van der Waals surface area contributed by atoms with Crippen molar-refractivity contribution in [3.8, 4) is 11.5 Å². The zero-order valence-corrected chi connectivity index (χ0v) is 14.3. The van der Waals surface area contributed by atoms with Crippen LogP contribution >= 0.6 is 0 Å². The zero-order valence-electron chi connectivity index (χ0n) is 14.3. The van der Waals surface area contributed by atoms with E-state index in [0.717, 1.165) is 11.3 Å². The fourth-order valence-electron chi connectivity index (χ4n) is 2.82. The van der Waals surface area contributed by atoms with E-state index in [1.54, 1.807) is 12.1 Å².